The number of benzene rings is 2. The number of ketones is 1. The van der Waals surface area contributed by atoms with Crippen molar-refractivity contribution in [2.24, 2.45) is 0 Å². The minimum Gasteiger partial charge on any atom is -0.484 e. The van der Waals surface area contributed by atoms with Crippen LogP contribution in [-0.2, 0) is 21.4 Å². The van der Waals surface area contributed by atoms with E-state index in [-0.39, 0.29) is 23.7 Å². The lowest BCUT2D eigenvalue weighted by Gasteiger charge is -2.19. The van der Waals surface area contributed by atoms with Gasteiger partial charge >= 0.3 is 0 Å². The highest BCUT2D eigenvalue weighted by Gasteiger charge is 2.13. The van der Waals surface area contributed by atoms with Crippen molar-refractivity contribution in [3.05, 3.63) is 59.7 Å². The maximum absolute atomic E-state index is 12.0. The van der Waals surface area contributed by atoms with E-state index in [1.54, 1.807) is 6.92 Å². The van der Waals surface area contributed by atoms with Gasteiger partial charge in [-0.15, -0.1) is 0 Å². The predicted octanol–water partition coefficient (Wildman–Crippen LogP) is 4.52. The van der Waals surface area contributed by atoms with Crippen LogP contribution in [0.4, 0.5) is 5.69 Å². The normalized spacial score (nSPS) is 11.1. The summed E-state index contributed by atoms with van der Waals surface area (Å²) in [6, 6.07) is 15.3. The van der Waals surface area contributed by atoms with Gasteiger partial charge in [-0.25, -0.2) is 0 Å². The van der Waals surface area contributed by atoms with Crippen molar-refractivity contribution in [3.63, 3.8) is 0 Å². The quantitative estimate of drug-likeness (QED) is 0.796. The van der Waals surface area contributed by atoms with Crippen molar-refractivity contribution < 1.29 is 14.3 Å². The summed E-state index contributed by atoms with van der Waals surface area (Å²) in [5.74, 6) is 0.613. The van der Waals surface area contributed by atoms with E-state index >= 15 is 0 Å². The lowest BCUT2D eigenvalue weighted by atomic mass is 9.87. The Bertz CT molecular complexity index is 740. The summed E-state index contributed by atoms with van der Waals surface area (Å²) in [6.45, 7) is 8.00. The van der Waals surface area contributed by atoms with E-state index in [0.717, 1.165) is 17.7 Å². The molecule has 0 aliphatic carbocycles. The largest absolute Gasteiger partial charge is 0.484 e. The number of hydrogen-bond acceptors (Lipinski definition) is 3. The molecule has 1 amide bonds. The number of nitrogens with one attached hydrogen (secondary N) is 1. The Labute approximate surface area is 155 Å². The van der Waals surface area contributed by atoms with Crippen LogP contribution in [-0.4, -0.2) is 18.3 Å². The first kappa shape index (κ1) is 19.7. The molecule has 26 heavy (non-hydrogen) atoms. The van der Waals surface area contributed by atoms with Crippen LogP contribution in [0.15, 0.2) is 48.5 Å². The van der Waals surface area contributed by atoms with Gasteiger partial charge in [-0.05, 0) is 54.2 Å². The molecule has 0 aliphatic heterocycles. The van der Waals surface area contributed by atoms with Gasteiger partial charge in [0.15, 0.2) is 6.61 Å². The average Bonchev–Trinajstić information content (AvgIpc) is 2.58. The molecule has 0 saturated heterocycles. The highest BCUT2D eigenvalue weighted by Crippen LogP contribution is 2.23. The fraction of sp³-hybridized carbons (Fsp3) is 0.364. The third-order valence-corrected chi connectivity index (χ3v) is 4.09. The zero-order valence-electron chi connectivity index (χ0n) is 16.0. The fourth-order valence-electron chi connectivity index (χ4n) is 2.47. The van der Waals surface area contributed by atoms with Gasteiger partial charge < -0.3 is 14.8 Å². The Morgan fingerprint density at radius 1 is 0.962 bits per heavy atom. The first-order valence-electron chi connectivity index (χ1n) is 8.85. The van der Waals surface area contributed by atoms with Crippen LogP contribution in [0.5, 0.6) is 5.75 Å². The summed E-state index contributed by atoms with van der Waals surface area (Å²) in [6.07, 6.45) is 1.26. The maximum atomic E-state index is 12.0. The van der Waals surface area contributed by atoms with Crippen molar-refractivity contribution in [1.82, 2.24) is 0 Å². The number of carbonyl (C=O) groups excluding carboxylic acids is 2. The van der Waals surface area contributed by atoms with Gasteiger partial charge in [0.25, 0.3) is 5.91 Å². The van der Waals surface area contributed by atoms with Crippen LogP contribution >= 0.6 is 0 Å². The summed E-state index contributed by atoms with van der Waals surface area (Å²) >= 11 is 0. The molecule has 2 aromatic carbocycles. The van der Waals surface area contributed by atoms with Crippen LogP contribution in [0.2, 0.25) is 0 Å². The standard InChI is InChI=1S/C22H27NO3/c1-16(24)5-6-17-7-13-20(14-8-17)26-15-21(25)23-19-11-9-18(10-12-19)22(2,3)4/h7-14H,5-6,15H2,1-4H3,(H,23,25). The first-order valence-corrected chi connectivity index (χ1v) is 8.85. The molecule has 2 rings (SSSR count). The Kier molecular flexibility index (Phi) is 6.56. The number of aryl methyl sites for hydroxylation is 1. The Morgan fingerprint density at radius 3 is 2.12 bits per heavy atom. The molecule has 138 valence electrons. The van der Waals surface area contributed by atoms with Gasteiger partial charge in [0.05, 0.1) is 0 Å². The molecule has 0 aliphatic rings. The average molecular weight is 353 g/mol. The van der Waals surface area contributed by atoms with Crippen LogP contribution in [0.1, 0.15) is 45.2 Å². The summed E-state index contributed by atoms with van der Waals surface area (Å²) in [5, 5.41) is 2.83. The van der Waals surface area contributed by atoms with E-state index in [0.29, 0.717) is 12.2 Å². The summed E-state index contributed by atoms with van der Waals surface area (Å²) < 4.78 is 5.52. The third kappa shape index (κ3) is 6.36. The third-order valence-electron chi connectivity index (χ3n) is 4.09. The first-order chi connectivity index (χ1) is 12.2. The van der Waals surface area contributed by atoms with E-state index in [9.17, 15) is 9.59 Å². The number of amides is 1. The van der Waals surface area contributed by atoms with Gasteiger partial charge in [0.2, 0.25) is 0 Å². The van der Waals surface area contributed by atoms with Gasteiger partial charge in [0, 0.05) is 12.1 Å². The van der Waals surface area contributed by atoms with Crippen molar-refractivity contribution >= 4 is 17.4 Å². The molecule has 0 fully saturated rings. The molecule has 0 radical (unpaired) electrons. The maximum Gasteiger partial charge on any atom is 0.262 e. The summed E-state index contributed by atoms with van der Waals surface area (Å²) in [4.78, 5) is 23.0. The zero-order chi connectivity index (χ0) is 19.2. The number of ether oxygens (including phenoxy) is 1. The molecule has 2 aromatic rings. The number of carbonyl (C=O) groups is 2. The van der Waals surface area contributed by atoms with Crippen molar-refractivity contribution in [2.75, 3.05) is 11.9 Å². The number of Topliss-reactive ketones (excluding diaryl/α,β-unsaturated/α-hetero) is 1. The zero-order valence-corrected chi connectivity index (χ0v) is 16.0. The molecule has 0 unspecified atom stereocenters. The predicted molar refractivity (Wildman–Crippen MR) is 105 cm³/mol. The molecule has 0 saturated carbocycles. The molecule has 0 spiro atoms. The number of hydrogen-bond donors (Lipinski definition) is 1. The van der Waals surface area contributed by atoms with Crippen LogP contribution in [0.25, 0.3) is 0 Å². The monoisotopic (exact) mass is 353 g/mol. The fourth-order valence-corrected chi connectivity index (χ4v) is 2.47. The summed E-state index contributed by atoms with van der Waals surface area (Å²) in [7, 11) is 0. The summed E-state index contributed by atoms with van der Waals surface area (Å²) in [5.41, 5.74) is 3.14. The van der Waals surface area contributed by atoms with Crippen LogP contribution in [0.3, 0.4) is 0 Å². The lowest BCUT2D eigenvalue weighted by Crippen LogP contribution is -2.20. The lowest BCUT2D eigenvalue weighted by molar-refractivity contribution is -0.118. The minimum atomic E-state index is -0.200. The number of anilines is 1. The molecule has 0 atom stereocenters. The van der Waals surface area contributed by atoms with Gasteiger partial charge in [-0.2, -0.15) is 0 Å². The topological polar surface area (TPSA) is 55.4 Å². The SMILES string of the molecule is CC(=O)CCc1ccc(OCC(=O)Nc2ccc(C(C)(C)C)cc2)cc1. The molecule has 0 heterocycles. The molecule has 0 bridgehead atoms. The molecular weight excluding hydrogens is 326 g/mol. The Morgan fingerprint density at radius 2 is 1.58 bits per heavy atom. The van der Waals surface area contributed by atoms with Crippen molar-refractivity contribution in [3.8, 4) is 5.75 Å². The second-order valence-electron chi connectivity index (χ2n) is 7.51. The highest BCUT2D eigenvalue weighted by atomic mass is 16.5. The van der Waals surface area contributed by atoms with Gasteiger partial charge in [0.1, 0.15) is 11.5 Å². The number of rotatable bonds is 7. The van der Waals surface area contributed by atoms with Crippen LogP contribution < -0.4 is 10.1 Å². The van der Waals surface area contributed by atoms with Crippen molar-refractivity contribution in [1.29, 1.82) is 0 Å². The van der Waals surface area contributed by atoms with Crippen LogP contribution in [0, 0.1) is 0 Å². The van der Waals surface area contributed by atoms with E-state index in [2.05, 4.69) is 26.1 Å². The molecular formula is C22H27NO3. The smallest absolute Gasteiger partial charge is 0.262 e. The van der Waals surface area contributed by atoms with E-state index in [1.807, 2.05) is 48.5 Å². The molecule has 0 aromatic heterocycles. The van der Waals surface area contributed by atoms with E-state index < -0.39 is 0 Å². The second-order valence-corrected chi connectivity index (χ2v) is 7.51. The Balaban J connectivity index is 1.82. The molecule has 1 N–H and O–H groups in total. The highest BCUT2D eigenvalue weighted by molar-refractivity contribution is 5.91. The van der Waals surface area contributed by atoms with Gasteiger partial charge in [-0.3, -0.25) is 4.79 Å². The van der Waals surface area contributed by atoms with E-state index in [1.165, 1.54) is 5.56 Å². The molecule has 4 nitrogen and oxygen atoms in total. The minimum absolute atomic E-state index is 0.0478. The van der Waals surface area contributed by atoms with Gasteiger partial charge in [-0.1, -0.05) is 45.0 Å². The van der Waals surface area contributed by atoms with Crippen molar-refractivity contribution in [2.45, 2.75) is 46.0 Å². The second kappa shape index (κ2) is 8.65. The molecule has 4 heteroatoms. The Hall–Kier alpha value is -2.62. The van der Waals surface area contributed by atoms with E-state index in [4.69, 9.17) is 4.74 Å².